The van der Waals surface area contributed by atoms with Gasteiger partial charge < -0.3 is 9.64 Å². The SMILES string of the molecule is COc1ccc(S(=O)(=O)N[C@@H]2C[C@H](C(=O)N3CCCC3)[C@@H](c3ccc(F)cc3)C2)cc1. The van der Waals surface area contributed by atoms with Crippen molar-refractivity contribution in [1.82, 2.24) is 9.62 Å². The van der Waals surface area contributed by atoms with Crippen molar-refractivity contribution in [2.75, 3.05) is 20.2 Å². The Labute approximate surface area is 182 Å². The van der Waals surface area contributed by atoms with Gasteiger partial charge in [-0.05, 0) is 73.6 Å². The normalized spacial score (nSPS) is 23.8. The minimum Gasteiger partial charge on any atom is -0.497 e. The third-order valence-electron chi connectivity index (χ3n) is 6.29. The van der Waals surface area contributed by atoms with Crippen LogP contribution in [0.2, 0.25) is 0 Å². The van der Waals surface area contributed by atoms with Gasteiger partial charge in [0.1, 0.15) is 11.6 Å². The van der Waals surface area contributed by atoms with Crippen LogP contribution in [0.4, 0.5) is 4.39 Å². The van der Waals surface area contributed by atoms with Crippen molar-refractivity contribution < 1.29 is 22.3 Å². The Kier molecular flexibility index (Phi) is 6.29. The summed E-state index contributed by atoms with van der Waals surface area (Å²) in [6, 6.07) is 12.0. The first-order valence-electron chi connectivity index (χ1n) is 10.6. The van der Waals surface area contributed by atoms with Crippen molar-refractivity contribution in [2.24, 2.45) is 5.92 Å². The minimum atomic E-state index is -3.74. The van der Waals surface area contributed by atoms with E-state index in [9.17, 15) is 17.6 Å². The smallest absolute Gasteiger partial charge is 0.240 e. The van der Waals surface area contributed by atoms with Gasteiger partial charge in [0.15, 0.2) is 0 Å². The summed E-state index contributed by atoms with van der Waals surface area (Å²) >= 11 is 0. The molecular formula is C23H27FN2O4S. The zero-order valence-electron chi connectivity index (χ0n) is 17.5. The van der Waals surface area contributed by atoms with Crippen LogP contribution in [0.1, 0.15) is 37.2 Å². The lowest BCUT2D eigenvalue weighted by Gasteiger charge is -2.24. The first-order chi connectivity index (χ1) is 14.9. The van der Waals surface area contributed by atoms with E-state index in [-0.39, 0.29) is 34.5 Å². The maximum absolute atomic E-state index is 13.4. The lowest BCUT2D eigenvalue weighted by atomic mass is 9.88. The van der Waals surface area contributed by atoms with Crippen LogP contribution in [0.25, 0.3) is 0 Å². The fraction of sp³-hybridized carbons (Fsp3) is 0.435. The molecule has 0 spiro atoms. The van der Waals surface area contributed by atoms with Crippen LogP contribution in [-0.4, -0.2) is 45.5 Å². The molecule has 0 unspecified atom stereocenters. The van der Waals surface area contributed by atoms with Gasteiger partial charge in [0.05, 0.1) is 12.0 Å². The molecule has 2 aromatic carbocycles. The predicted octanol–water partition coefficient (Wildman–Crippen LogP) is 3.30. The highest BCUT2D eigenvalue weighted by Crippen LogP contribution is 2.42. The number of nitrogens with one attached hydrogen (secondary N) is 1. The summed E-state index contributed by atoms with van der Waals surface area (Å²) in [6.45, 7) is 1.49. The number of carbonyl (C=O) groups excluding carboxylic acids is 1. The molecule has 1 amide bonds. The minimum absolute atomic E-state index is 0.0676. The van der Waals surface area contributed by atoms with Gasteiger partial charge in [-0.15, -0.1) is 0 Å². The number of sulfonamides is 1. The van der Waals surface area contributed by atoms with E-state index in [2.05, 4.69) is 4.72 Å². The molecule has 3 atom stereocenters. The molecule has 1 aliphatic carbocycles. The Morgan fingerprint density at radius 2 is 1.68 bits per heavy atom. The average molecular weight is 447 g/mol. The molecule has 1 saturated heterocycles. The van der Waals surface area contributed by atoms with E-state index in [1.807, 2.05) is 4.90 Å². The van der Waals surface area contributed by atoms with Gasteiger partial charge in [-0.3, -0.25) is 4.79 Å². The van der Waals surface area contributed by atoms with E-state index in [1.54, 1.807) is 24.3 Å². The van der Waals surface area contributed by atoms with Crippen LogP contribution in [-0.2, 0) is 14.8 Å². The van der Waals surface area contributed by atoms with Gasteiger partial charge in [-0.25, -0.2) is 17.5 Å². The van der Waals surface area contributed by atoms with Crippen LogP contribution < -0.4 is 9.46 Å². The molecule has 0 bridgehead atoms. The second-order valence-electron chi connectivity index (χ2n) is 8.26. The van der Waals surface area contributed by atoms with Crippen molar-refractivity contribution >= 4 is 15.9 Å². The molecule has 1 N–H and O–H groups in total. The van der Waals surface area contributed by atoms with Crippen LogP contribution >= 0.6 is 0 Å². The van der Waals surface area contributed by atoms with Crippen molar-refractivity contribution in [3.8, 4) is 5.75 Å². The van der Waals surface area contributed by atoms with E-state index in [0.29, 0.717) is 18.6 Å². The number of hydrogen-bond acceptors (Lipinski definition) is 4. The van der Waals surface area contributed by atoms with Crippen LogP contribution in [0, 0.1) is 11.7 Å². The van der Waals surface area contributed by atoms with Gasteiger partial charge in [0.25, 0.3) is 0 Å². The summed E-state index contributed by atoms with van der Waals surface area (Å²) in [6.07, 6.45) is 2.90. The lowest BCUT2D eigenvalue weighted by molar-refractivity contribution is -0.134. The Balaban J connectivity index is 1.55. The molecule has 1 saturated carbocycles. The molecule has 1 heterocycles. The average Bonchev–Trinajstić information content (AvgIpc) is 3.44. The topological polar surface area (TPSA) is 75.7 Å². The number of rotatable bonds is 6. The number of halogens is 1. The Bertz CT molecular complexity index is 1020. The molecule has 4 rings (SSSR count). The van der Waals surface area contributed by atoms with Gasteiger partial charge in [-0.2, -0.15) is 0 Å². The van der Waals surface area contributed by atoms with E-state index >= 15 is 0 Å². The molecular weight excluding hydrogens is 419 g/mol. The molecule has 0 aromatic heterocycles. The first kappa shape index (κ1) is 21.8. The lowest BCUT2D eigenvalue weighted by Crippen LogP contribution is -2.36. The van der Waals surface area contributed by atoms with E-state index < -0.39 is 10.0 Å². The van der Waals surface area contributed by atoms with E-state index in [4.69, 9.17) is 4.74 Å². The summed E-state index contributed by atoms with van der Waals surface area (Å²) in [5.74, 6) is -0.171. The van der Waals surface area contributed by atoms with Crippen molar-refractivity contribution in [3.05, 3.63) is 59.9 Å². The number of nitrogens with zero attached hydrogens (tertiary/aromatic N) is 1. The molecule has 0 radical (unpaired) electrons. The van der Waals surface area contributed by atoms with Gasteiger partial charge >= 0.3 is 0 Å². The summed E-state index contributed by atoms with van der Waals surface area (Å²) < 4.78 is 47.1. The zero-order chi connectivity index (χ0) is 22.0. The highest BCUT2D eigenvalue weighted by molar-refractivity contribution is 7.89. The number of benzene rings is 2. The maximum atomic E-state index is 13.4. The highest BCUT2D eigenvalue weighted by Gasteiger charge is 2.43. The van der Waals surface area contributed by atoms with Gasteiger partial charge in [0, 0.05) is 25.0 Å². The number of likely N-dealkylation sites (tertiary alicyclic amines) is 1. The largest absolute Gasteiger partial charge is 0.497 e. The summed E-state index contributed by atoms with van der Waals surface area (Å²) in [5.41, 5.74) is 0.866. The summed E-state index contributed by atoms with van der Waals surface area (Å²) in [4.78, 5) is 15.2. The number of hydrogen-bond donors (Lipinski definition) is 1. The Morgan fingerprint density at radius 3 is 2.29 bits per heavy atom. The third-order valence-corrected chi connectivity index (χ3v) is 7.82. The van der Waals surface area contributed by atoms with Gasteiger partial charge in [-0.1, -0.05) is 12.1 Å². The molecule has 2 fully saturated rings. The zero-order valence-corrected chi connectivity index (χ0v) is 18.3. The van der Waals surface area contributed by atoms with E-state index in [0.717, 1.165) is 31.5 Å². The molecule has 31 heavy (non-hydrogen) atoms. The van der Waals surface area contributed by atoms with Gasteiger partial charge in [0.2, 0.25) is 15.9 Å². The quantitative estimate of drug-likeness (QED) is 0.739. The molecule has 2 aromatic rings. The molecule has 1 aliphatic heterocycles. The van der Waals surface area contributed by atoms with Crippen LogP contribution in [0.15, 0.2) is 53.4 Å². The van der Waals surface area contributed by atoms with Crippen LogP contribution in [0.5, 0.6) is 5.75 Å². The monoisotopic (exact) mass is 446 g/mol. The van der Waals surface area contributed by atoms with Crippen LogP contribution in [0.3, 0.4) is 0 Å². The number of amides is 1. The van der Waals surface area contributed by atoms with Crippen molar-refractivity contribution in [1.29, 1.82) is 0 Å². The standard InChI is InChI=1S/C23H27FN2O4S/c1-30-19-8-10-20(11-9-19)31(28,29)25-18-14-21(16-4-6-17(24)7-5-16)22(15-18)23(27)26-12-2-3-13-26/h4-11,18,21-22,25H,2-3,12-15H2,1H3/t18-,21+,22-/m0/s1. The Morgan fingerprint density at radius 1 is 1.03 bits per heavy atom. The highest BCUT2D eigenvalue weighted by atomic mass is 32.2. The Hall–Kier alpha value is -2.45. The maximum Gasteiger partial charge on any atom is 0.240 e. The molecule has 8 heteroatoms. The van der Waals surface area contributed by atoms with Crippen molar-refractivity contribution in [2.45, 2.75) is 42.5 Å². The predicted molar refractivity (Wildman–Crippen MR) is 115 cm³/mol. The number of carbonyl (C=O) groups is 1. The summed E-state index contributed by atoms with van der Waals surface area (Å²) in [7, 11) is -2.22. The molecule has 6 nitrogen and oxygen atoms in total. The molecule has 2 aliphatic rings. The fourth-order valence-electron chi connectivity index (χ4n) is 4.70. The van der Waals surface area contributed by atoms with E-state index in [1.165, 1.54) is 31.4 Å². The summed E-state index contributed by atoms with van der Waals surface area (Å²) in [5, 5.41) is 0. The number of ether oxygens (including phenoxy) is 1. The van der Waals surface area contributed by atoms with Crippen molar-refractivity contribution in [3.63, 3.8) is 0 Å². The second kappa shape index (κ2) is 8.96. The fourth-order valence-corrected chi connectivity index (χ4v) is 5.96. The first-order valence-corrected chi connectivity index (χ1v) is 12.1. The third kappa shape index (κ3) is 4.75. The molecule has 166 valence electrons. The second-order valence-corrected chi connectivity index (χ2v) is 9.98. The number of methoxy groups -OCH3 is 1.